The molecule has 7 heteroatoms. The van der Waals surface area contributed by atoms with E-state index in [2.05, 4.69) is 6.07 Å². The van der Waals surface area contributed by atoms with E-state index >= 15 is 0 Å². The third-order valence-corrected chi connectivity index (χ3v) is 6.71. The van der Waals surface area contributed by atoms with Crippen molar-refractivity contribution in [2.24, 2.45) is 0 Å². The lowest BCUT2D eigenvalue weighted by atomic mass is 10.2. The van der Waals surface area contributed by atoms with Crippen LogP contribution in [0.5, 0.6) is 5.75 Å². The van der Waals surface area contributed by atoms with Crippen molar-refractivity contribution in [1.82, 2.24) is 9.55 Å². The molecule has 2 aromatic heterocycles. The Morgan fingerprint density at radius 3 is 2.85 bits per heavy atom. The molecule has 27 heavy (non-hydrogen) atoms. The lowest BCUT2D eigenvalue weighted by Gasteiger charge is -2.13. The maximum Gasteiger partial charge on any atom is 0.267 e. The molecule has 1 aliphatic carbocycles. The highest BCUT2D eigenvalue weighted by molar-refractivity contribution is 8.00. The van der Waals surface area contributed by atoms with E-state index in [1.54, 1.807) is 15.9 Å². The fraction of sp³-hybridized carbons (Fsp3) is 0.350. The summed E-state index contributed by atoms with van der Waals surface area (Å²) in [5.41, 5.74) is 1.86. The van der Waals surface area contributed by atoms with Gasteiger partial charge in [0.25, 0.3) is 5.56 Å². The Balaban J connectivity index is 1.92. The molecule has 2 heterocycles. The van der Waals surface area contributed by atoms with E-state index in [-0.39, 0.29) is 10.8 Å². The van der Waals surface area contributed by atoms with Crippen molar-refractivity contribution in [3.8, 4) is 17.5 Å². The zero-order chi connectivity index (χ0) is 19.0. The second kappa shape index (κ2) is 7.37. The van der Waals surface area contributed by atoms with Crippen molar-refractivity contribution in [3.63, 3.8) is 0 Å². The van der Waals surface area contributed by atoms with Crippen molar-refractivity contribution < 1.29 is 4.74 Å². The standard InChI is InChI=1S/C20H19N3O2S2/c1-3-25-14-9-7-13(8-10-14)23-19(24)17-15-5-4-6-16(15)27-18(17)22-20(23)26-12(2)11-21/h7-10,12H,3-6H2,1-2H3/t12-/m0/s1. The summed E-state index contributed by atoms with van der Waals surface area (Å²) in [6, 6.07) is 9.67. The molecule has 4 rings (SSSR count). The molecular formula is C20H19N3O2S2. The molecule has 3 aromatic rings. The first-order chi connectivity index (χ1) is 13.1. The third kappa shape index (κ3) is 3.24. The maximum absolute atomic E-state index is 13.5. The number of benzene rings is 1. The maximum atomic E-state index is 13.5. The van der Waals surface area contributed by atoms with Crippen molar-refractivity contribution >= 4 is 33.3 Å². The van der Waals surface area contributed by atoms with Gasteiger partial charge in [-0.2, -0.15) is 5.26 Å². The first-order valence-electron chi connectivity index (χ1n) is 8.99. The average Bonchev–Trinajstić information content (AvgIpc) is 3.24. The van der Waals surface area contributed by atoms with E-state index in [4.69, 9.17) is 9.72 Å². The van der Waals surface area contributed by atoms with Crippen LogP contribution in [0.15, 0.2) is 34.2 Å². The van der Waals surface area contributed by atoms with Crippen molar-refractivity contribution in [1.29, 1.82) is 5.26 Å². The van der Waals surface area contributed by atoms with Gasteiger partial charge in [-0.15, -0.1) is 11.3 Å². The summed E-state index contributed by atoms with van der Waals surface area (Å²) >= 11 is 2.94. The van der Waals surface area contributed by atoms with Gasteiger partial charge in [0.1, 0.15) is 10.6 Å². The number of thioether (sulfide) groups is 1. The van der Waals surface area contributed by atoms with E-state index in [1.165, 1.54) is 16.6 Å². The molecule has 0 fully saturated rings. The molecule has 0 saturated heterocycles. The summed E-state index contributed by atoms with van der Waals surface area (Å²) in [4.78, 5) is 20.3. The minimum absolute atomic E-state index is 0.0452. The molecule has 5 nitrogen and oxygen atoms in total. The van der Waals surface area contributed by atoms with Crippen LogP contribution in [0.4, 0.5) is 0 Å². The fourth-order valence-electron chi connectivity index (χ4n) is 3.37. The SMILES string of the molecule is CCOc1ccc(-n2c(S[C@@H](C)C#N)nc3sc4c(c3c2=O)CCC4)cc1. The Kier molecular flexibility index (Phi) is 4.94. The monoisotopic (exact) mass is 397 g/mol. The molecule has 0 bridgehead atoms. The van der Waals surface area contributed by atoms with Gasteiger partial charge in [0.2, 0.25) is 0 Å². The van der Waals surface area contributed by atoms with Gasteiger partial charge in [0, 0.05) is 4.88 Å². The minimum atomic E-state index is -0.296. The molecule has 0 amide bonds. The van der Waals surface area contributed by atoms with Crippen LogP contribution in [0, 0.1) is 11.3 Å². The zero-order valence-electron chi connectivity index (χ0n) is 15.2. The van der Waals surface area contributed by atoms with E-state index in [0.717, 1.165) is 46.5 Å². The van der Waals surface area contributed by atoms with Gasteiger partial charge in [-0.1, -0.05) is 11.8 Å². The van der Waals surface area contributed by atoms with Gasteiger partial charge >= 0.3 is 0 Å². The van der Waals surface area contributed by atoms with Gasteiger partial charge in [0.05, 0.1) is 29.0 Å². The number of nitrogens with zero attached hydrogens (tertiary/aromatic N) is 3. The molecule has 1 atom stereocenters. The topological polar surface area (TPSA) is 67.9 Å². The second-order valence-electron chi connectivity index (χ2n) is 6.39. The van der Waals surface area contributed by atoms with E-state index in [1.807, 2.05) is 38.1 Å². The molecule has 1 aromatic carbocycles. The first kappa shape index (κ1) is 18.1. The number of fused-ring (bicyclic) bond motifs is 3. The Morgan fingerprint density at radius 2 is 2.15 bits per heavy atom. The van der Waals surface area contributed by atoms with Crippen LogP contribution in [0.25, 0.3) is 15.9 Å². The lowest BCUT2D eigenvalue weighted by Crippen LogP contribution is -2.22. The number of nitriles is 1. The summed E-state index contributed by atoms with van der Waals surface area (Å²) in [7, 11) is 0. The number of thiophene rings is 1. The smallest absolute Gasteiger partial charge is 0.267 e. The minimum Gasteiger partial charge on any atom is -0.494 e. The molecule has 0 radical (unpaired) electrons. The molecule has 0 aliphatic heterocycles. The van der Waals surface area contributed by atoms with E-state index in [0.29, 0.717) is 11.8 Å². The molecule has 0 unspecified atom stereocenters. The van der Waals surface area contributed by atoms with Crippen molar-refractivity contribution in [3.05, 3.63) is 45.1 Å². The molecule has 0 spiro atoms. The Hall–Kier alpha value is -2.30. The second-order valence-corrected chi connectivity index (χ2v) is 8.78. The van der Waals surface area contributed by atoms with E-state index < -0.39 is 0 Å². The highest BCUT2D eigenvalue weighted by Crippen LogP contribution is 2.36. The van der Waals surface area contributed by atoms with Gasteiger partial charge in [-0.25, -0.2) is 4.98 Å². The van der Waals surface area contributed by atoms with Crippen LogP contribution >= 0.6 is 23.1 Å². The number of aromatic nitrogens is 2. The quantitative estimate of drug-likeness (QED) is 0.473. The highest BCUT2D eigenvalue weighted by atomic mass is 32.2. The van der Waals surface area contributed by atoms with Crippen molar-refractivity contribution in [2.45, 2.75) is 43.5 Å². The van der Waals surface area contributed by atoms with Gasteiger partial charge in [-0.05, 0) is 62.9 Å². The summed E-state index contributed by atoms with van der Waals surface area (Å²) in [5.74, 6) is 0.763. The third-order valence-electron chi connectivity index (χ3n) is 4.58. The lowest BCUT2D eigenvalue weighted by molar-refractivity contribution is 0.340. The number of rotatable bonds is 5. The molecule has 1 aliphatic rings. The van der Waals surface area contributed by atoms with Crippen molar-refractivity contribution in [2.75, 3.05) is 6.61 Å². The predicted molar refractivity (Wildman–Crippen MR) is 109 cm³/mol. The van der Waals surface area contributed by atoms with Crippen LogP contribution in [0.1, 0.15) is 30.7 Å². The van der Waals surface area contributed by atoms with Crippen LogP contribution in [-0.4, -0.2) is 21.4 Å². The van der Waals surface area contributed by atoms with Crippen LogP contribution in [0.3, 0.4) is 0 Å². The van der Waals surface area contributed by atoms with Gasteiger partial charge in [0.15, 0.2) is 5.16 Å². The predicted octanol–water partition coefficient (Wildman–Crippen LogP) is 4.34. The largest absolute Gasteiger partial charge is 0.494 e. The Labute approximate surface area is 165 Å². The summed E-state index contributed by atoms with van der Waals surface area (Å²) < 4.78 is 7.15. The summed E-state index contributed by atoms with van der Waals surface area (Å²) in [6.07, 6.45) is 3.06. The number of hydrogen-bond acceptors (Lipinski definition) is 6. The summed E-state index contributed by atoms with van der Waals surface area (Å²) in [6.45, 7) is 4.35. The zero-order valence-corrected chi connectivity index (χ0v) is 16.8. The number of ether oxygens (including phenoxy) is 1. The number of hydrogen-bond donors (Lipinski definition) is 0. The molecule has 0 N–H and O–H groups in total. The first-order valence-corrected chi connectivity index (χ1v) is 10.7. The van der Waals surface area contributed by atoms with Crippen LogP contribution in [0.2, 0.25) is 0 Å². The van der Waals surface area contributed by atoms with Gasteiger partial charge in [-0.3, -0.25) is 9.36 Å². The molecule has 0 saturated carbocycles. The fourth-order valence-corrected chi connectivity index (χ4v) is 5.49. The Bertz CT molecular complexity index is 1090. The van der Waals surface area contributed by atoms with E-state index in [9.17, 15) is 10.1 Å². The van der Waals surface area contributed by atoms with Crippen LogP contribution < -0.4 is 10.3 Å². The Morgan fingerprint density at radius 1 is 1.37 bits per heavy atom. The van der Waals surface area contributed by atoms with Crippen LogP contribution in [-0.2, 0) is 12.8 Å². The number of aryl methyl sites for hydroxylation is 2. The van der Waals surface area contributed by atoms with Gasteiger partial charge < -0.3 is 4.74 Å². The molecular weight excluding hydrogens is 378 g/mol. The molecule has 138 valence electrons. The highest BCUT2D eigenvalue weighted by Gasteiger charge is 2.24. The normalized spacial score (nSPS) is 14.1. The average molecular weight is 398 g/mol. The summed E-state index contributed by atoms with van der Waals surface area (Å²) in [5, 5.41) is 10.2.